The van der Waals surface area contributed by atoms with E-state index in [1.54, 1.807) is 24.3 Å². The molecule has 1 aromatic carbocycles. The first kappa shape index (κ1) is 14.9. The average molecular weight is 271 g/mol. The third kappa shape index (κ3) is 3.69. The maximum Gasteiger partial charge on any atom is 0.242 e. The second-order valence-electron chi connectivity index (χ2n) is 4.75. The molecule has 0 aliphatic heterocycles. The number of nitrogens with one attached hydrogen (secondary N) is 2. The van der Waals surface area contributed by atoms with Crippen molar-refractivity contribution in [1.82, 2.24) is 4.72 Å². The molecule has 1 aromatic rings. The molecule has 18 heavy (non-hydrogen) atoms. The monoisotopic (exact) mass is 271 g/mol. The lowest BCUT2D eigenvalue weighted by Crippen LogP contribution is -2.34. The van der Waals surface area contributed by atoms with Crippen LogP contribution in [0.2, 0.25) is 0 Å². The van der Waals surface area contributed by atoms with E-state index < -0.39 is 10.0 Å². The molecule has 6 heteroatoms. The molecule has 0 fully saturated rings. The van der Waals surface area contributed by atoms with Crippen LogP contribution in [0.1, 0.15) is 20.3 Å². The Morgan fingerprint density at radius 1 is 1.28 bits per heavy atom. The molecule has 4 N–H and O–H groups in total. The number of hydrogen-bond acceptors (Lipinski definition) is 4. The molecular formula is C12H21N3O2S. The van der Waals surface area contributed by atoms with Gasteiger partial charge in [-0.2, -0.15) is 0 Å². The van der Waals surface area contributed by atoms with Crippen LogP contribution in [-0.4, -0.2) is 27.5 Å². The predicted octanol–water partition coefficient (Wildman–Crippen LogP) is 1.13. The smallest absolute Gasteiger partial charge is 0.242 e. The van der Waals surface area contributed by atoms with Crippen LogP contribution < -0.4 is 15.8 Å². The van der Waals surface area contributed by atoms with Gasteiger partial charge in [-0.3, -0.25) is 0 Å². The van der Waals surface area contributed by atoms with E-state index in [0.29, 0.717) is 12.2 Å². The molecule has 0 radical (unpaired) electrons. The Hall–Kier alpha value is -1.11. The Kier molecular flexibility index (Phi) is 4.72. The van der Waals surface area contributed by atoms with Crippen molar-refractivity contribution in [3.63, 3.8) is 0 Å². The maximum absolute atomic E-state index is 11.9. The summed E-state index contributed by atoms with van der Waals surface area (Å²) in [5, 5.41) is 3.23. The molecule has 0 spiro atoms. The standard InChI is InChI=1S/C12H21N3O2S/c1-12(2,8-9-13)15-10-6-4-5-7-11(10)18(16,17)14-3/h4-7,14-15H,8-9,13H2,1-3H3. The second kappa shape index (κ2) is 5.69. The largest absolute Gasteiger partial charge is 0.379 e. The number of anilines is 1. The minimum atomic E-state index is -3.46. The summed E-state index contributed by atoms with van der Waals surface area (Å²) < 4.78 is 26.1. The molecule has 0 aromatic heterocycles. The highest BCUT2D eigenvalue weighted by molar-refractivity contribution is 7.89. The van der Waals surface area contributed by atoms with Crippen molar-refractivity contribution in [2.45, 2.75) is 30.7 Å². The van der Waals surface area contributed by atoms with Crippen LogP contribution in [0, 0.1) is 0 Å². The average Bonchev–Trinajstić information content (AvgIpc) is 2.28. The second-order valence-corrected chi connectivity index (χ2v) is 6.61. The van der Waals surface area contributed by atoms with Gasteiger partial charge in [0.25, 0.3) is 0 Å². The fourth-order valence-electron chi connectivity index (χ4n) is 1.70. The summed E-state index contributed by atoms with van der Waals surface area (Å²) in [4.78, 5) is 0.248. The third-order valence-electron chi connectivity index (χ3n) is 2.69. The zero-order valence-corrected chi connectivity index (χ0v) is 11.8. The van der Waals surface area contributed by atoms with Crippen LogP contribution in [0.25, 0.3) is 0 Å². The number of nitrogens with two attached hydrogens (primary N) is 1. The van der Waals surface area contributed by atoms with Gasteiger partial charge in [-0.15, -0.1) is 0 Å². The van der Waals surface area contributed by atoms with Crippen molar-refractivity contribution in [2.75, 3.05) is 18.9 Å². The van der Waals surface area contributed by atoms with Gasteiger partial charge in [0.15, 0.2) is 0 Å². The number of para-hydroxylation sites is 1. The SMILES string of the molecule is CNS(=O)(=O)c1ccccc1NC(C)(C)CCN. The highest BCUT2D eigenvalue weighted by Crippen LogP contribution is 2.24. The first-order valence-electron chi connectivity index (χ1n) is 5.83. The molecule has 1 rings (SSSR count). The zero-order valence-electron chi connectivity index (χ0n) is 11.0. The van der Waals surface area contributed by atoms with Gasteiger partial charge in [0.2, 0.25) is 10.0 Å². The number of sulfonamides is 1. The topological polar surface area (TPSA) is 84.2 Å². The van der Waals surface area contributed by atoms with Crippen molar-refractivity contribution < 1.29 is 8.42 Å². The Morgan fingerprint density at radius 3 is 2.44 bits per heavy atom. The molecule has 5 nitrogen and oxygen atoms in total. The van der Waals surface area contributed by atoms with Crippen LogP contribution in [0.3, 0.4) is 0 Å². The van der Waals surface area contributed by atoms with E-state index in [-0.39, 0.29) is 10.4 Å². The molecule has 0 aliphatic rings. The summed E-state index contributed by atoms with van der Waals surface area (Å²) in [5.74, 6) is 0. The lowest BCUT2D eigenvalue weighted by atomic mass is 10.0. The molecule has 0 amide bonds. The molecule has 0 heterocycles. The molecular weight excluding hydrogens is 250 g/mol. The summed E-state index contributed by atoms with van der Waals surface area (Å²) in [6, 6.07) is 6.83. The van der Waals surface area contributed by atoms with E-state index in [4.69, 9.17) is 5.73 Å². The van der Waals surface area contributed by atoms with Gasteiger partial charge in [-0.05, 0) is 46.0 Å². The molecule has 0 bridgehead atoms. The molecule has 0 aliphatic carbocycles. The number of benzene rings is 1. The number of rotatable bonds is 6. The van der Waals surface area contributed by atoms with Crippen molar-refractivity contribution in [3.8, 4) is 0 Å². The van der Waals surface area contributed by atoms with E-state index >= 15 is 0 Å². The van der Waals surface area contributed by atoms with Crippen molar-refractivity contribution in [1.29, 1.82) is 0 Å². The minimum absolute atomic E-state index is 0.248. The number of hydrogen-bond donors (Lipinski definition) is 3. The molecule has 102 valence electrons. The van der Waals surface area contributed by atoms with Gasteiger partial charge in [-0.1, -0.05) is 12.1 Å². The Balaban J connectivity index is 3.11. The van der Waals surface area contributed by atoms with Crippen LogP contribution in [0.5, 0.6) is 0 Å². The van der Waals surface area contributed by atoms with Gasteiger partial charge in [-0.25, -0.2) is 13.1 Å². The van der Waals surface area contributed by atoms with Gasteiger partial charge < -0.3 is 11.1 Å². The van der Waals surface area contributed by atoms with Crippen molar-refractivity contribution in [3.05, 3.63) is 24.3 Å². The van der Waals surface area contributed by atoms with Crippen LogP contribution in [0.15, 0.2) is 29.2 Å². The van der Waals surface area contributed by atoms with E-state index in [1.165, 1.54) is 7.05 Å². The quantitative estimate of drug-likeness (QED) is 0.724. The van der Waals surface area contributed by atoms with E-state index in [1.807, 2.05) is 13.8 Å². The summed E-state index contributed by atoms with van der Waals surface area (Å²) in [6.07, 6.45) is 0.751. The van der Waals surface area contributed by atoms with Gasteiger partial charge in [0.05, 0.1) is 5.69 Å². The normalized spacial score (nSPS) is 12.4. The summed E-state index contributed by atoms with van der Waals surface area (Å²) in [6.45, 7) is 4.52. The molecule has 0 saturated heterocycles. The van der Waals surface area contributed by atoms with E-state index in [9.17, 15) is 8.42 Å². The van der Waals surface area contributed by atoms with Crippen LogP contribution >= 0.6 is 0 Å². The van der Waals surface area contributed by atoms with Crippen LogP contribution in [0.4, 0.5) is 5.69 Å². The van der Waals surface area contributed by atoms with Gasteiger partial charge in [0.1, 0.15) is 4.90 Å². The van der Waals surface area contributed by atoms with Gasteiger partial charge >= 0.3 is 0 Å². The van der Waals surface area contributed by atoms with Gasteiger partial charge in [0, 0.05) is 5.54 Å². The van der Waals surface area contributed by atoms with Crippen molar-refractivity contribution in [2.24, 2.45) is 5.73 Å². The summed E-state index contributed by atoms with van der Waals surface area (Å²) in [7, 11) is -2.06. The third-order valence-corrected chi connectivity index (χ3v) is 4.16. The first-order chi connectivity index (χ1) is 8.32. The lowest BCUT2D eigenvalue weighted by molar-refractivity contribution is 0.524. The Morgan fingerprint density at radius 2 is 1.89 bits per heavy atom. The van der Waals surface area contributed by atoms with E-state index in [0.717, 1.165) is 6.42 Å². The molecule has 0 unspecified atom stereocenters. The zero-order chi connectivity index (χ0) is 13.8. The summed E-state index contributed by atoms with van der Waals surface area (Å²) >= 11 is 0. The van der Waals surface area contributed by atoms with E-state index in [2.05, 4.69) is 10.0 Å². The minimum Gasteiger partial charge on any atom is -0.379 e. The summed E-state index contributed by atoms with van der Waals surface area (Å²) in [5.41, 5.74) is 5.88. The maximum atomic E-state index is 11.9. The fraction of sp³-hybridized carbons (Fsp3) is 0.500. The highest BCUT2D eigenvalue weighted by Gasteiger charge is 2.21. The Bertz CT molecular complexity index is 498. The molecule has 0 atom stereocenters. The fourth-order valence-corrected chi connectivity index (χ4v) is 2.59. The predicted molar refractivity (Wildman–Crippen MR) is 74.1 cm³/mol. The van der Waals surface area contributed by atoms with Crippen molar-refractivity contribution >= 4 is 15.7 Å². The highest BCUT2D eigenvalue weighted by atomic mass is 32.2. The lowest BCUT2D eigenvalue weighted by Gasteiger charge is -2.28. The molecule has 0 saturated carbocycles. The Labute approximate surface area is 109 Å². The van der Waals surface area contributed by atoms with Crippen LogP contribution in [-0.2, 0) is 10.0 Å². The first-order valence-corrected chi connectivity index (χ1v) is 7.31.